The molecule has 1 aliphatic carbocycles. The Morgan fingerprint density at radius 3 is 2.71 bits per heavy atom. The molecule has 1 saturated carbocycles. The topological polar surface area (TPSA) is 75.6 Å². The van der Waals surface area contributed by atoms with Crippen LogP contribution in [0.2, 0.25) is 0 Å². The van der Waals surface area contributed by atoms with Gasteiger partial charge in [0.05, 0.1) is 6.10 Å². The number of rotatable bonds is 4. The molecule has 1 fully saturated rings. The van der Waals surface area contributed by atoms with Crippen molar-refractivity contribution in [3.05, 3.63) is 0 Å². The summed E-state index contributed by atoms with van der Waals surface area (Å²) in [4.78, 5) is 21.3. The van der Waals surface area contributed by atoms with E-state index in [4.69, 9.17) is 9.84 Å². The van der Waals surface area contributed by atoms with E-state index < -0.39 is 18.3 Å². The predicted octanol–water partition coefficient (Wildman–Crippen LogP) is 0.145. The van der Waals surface area contributed by atoms with E-state index in [9.17, 15) is 9.59 Å². The number of carboxylic acid groups (broad SMARTS) is 1. The smallest absolute Gasteiger partial charge is 0.312 e. The molecule has 2 N–H and O–H groups in total. The number of methoxy groups -OCH3 is 1. The number of aliphatic carboxylic acids is 1. The Labute approximate surface area is 82.4 Å². The van der Waals surface area contributed by atoms with Crippen molar-refractivity contribution in [3.8, 4) is 0 Å². The van der Waals surface area contributed by atoms with Crippen LogP contribution in [0.25, 0.3) is 0 Å². The second-order valence-electron chi connectivity index (χ2n) is 3.51. The van der Waals surface area contributed by atoms with E-state index in [0.29, 0.717) is 0 Å². The standard InChI is InChI=1S/C9H15NO4/c1-14-7-3-2-6(4-7)10-8(11)5-9(12)13/h6-7H,2-5H2,1H3,(H,10,11)(H,12,13). The Morgan fingerprint density at radius 1 is 1.50 bits per heavy atom. The predicted molar refractivity (Wildman–Crippen MR) is 48.8 cm³/mol. The monoisotopic (exact) mass is 201 g/mol. The zero-order chi connectivity index (χ0) is 10.6. The quantitative estimate of drug-likeness (QED) is 0.634. The molecule has 2 atom stereocenters. The van der Waals surface area contributed by atoms with Crippen molar-refractivity contribution < 1.29 is 19.4 Å². The van der Waals surface area contributed by atoms with Gasteiger partial charge in [-0.05, 0) is 19.3 Å². The molecule has 5 nitrogen and oxygen atoms in total. The van der Waals surface area contributed by atoms with E-state index in [2.05, 4.69) is 5.32 Å². The Morgan fingerprint density at radius 2 is 2.21 bits per heavy atom. The summed E-state index contributed by atoms with van der Waals surface area (Å²) in [5, 5.41) is 11.0. The van der Waals surface area contributed by atoms with E-state index in [1.807, 2.05) is 0 Å². The van der Waals surface area contributed by atoms with E-state index in [-0.39, 0.29) is 12.1 Å². The van der Waals surface area contributed by atoms with Gasteiger partial charge in [0.15, 0.2) is 0 Å². The molecule has 0 heterocycles. The highest BCUT2D eigenvalue weighted by atomic mass is 16.5. The van der Waals surface area contributed by atoms with Gasteiger partial charge in [-0.25, -0.2) is 0 Å². The number of carboxylic acids is 1. The summed E-state index contributed by atoms with van der Waals surface area (Å²) in [5.74, 6) is -1.51. The lowest BCUT2D eigenvalue weighted by atomic mass is 10.2. The molecule has 0 spiro atoms. The van der Waals surface area contributed by atoms with Crippen LogP contribution in [0.15, 0.2) is 0 Å². The summed E-state index contributed by atoms with van der Waals surface area (Å²) in [6.45, 7) is 0. The first-order valence-corrected chi connectivity index (χ1v) is 4.65. The molecule has 5 heteroatoms. The van der Waals surface area contributed by atoms with Crippen molar-refractivity contribution in [3.63, 3.8) is 0 Å². The van der Waals surface area contributed by atoms with Crippen molar-refractivity contribution >= 4 is 11.9 Å². The zero-order valence-electron chi connectivity index (χ0n) is 8.16. The number of carbonyl (C=O) groups is 2. The normalized spacial score (nSPS) is 26.1. The fourth-order valence-electron chi connectivity index (χ4n) is 1.70. The summed E-state index contributed by atoms with van der Waals surface area (Å²) in [6, 6.07) is 0.0757. The van der Waals surface area contributed by atoms with Crippen molar-refractivity contribution in [2.75, 3.05) is 7.11 Å². The molecule has 0 aromatic rings. The summed E-state index contributed by atoms with van der Waals surface area (Å²) in [6.07, 6.45) is 2.32. The highest BCUT2D eigenvalue weighted by Gasteiger charge is 2.25. The van der Waals surface area contributed by atoms with Gasteiger partial charge in [0.2, 0.25) is 5.91 Å². The summed E-state index contributed by atoms with van der Waals surface area (Å²) < 4.78 is 5.14. The zero-order valence-corrected chi connectivity index (χ0v) is 8.16. The second-order valence-corrected chi connectivity index (χ2v) is 3.51. The Hall–Kier alpha value is -1.10. The van der Waals surface area contributed by atoms with Gasteiger partial charge in [0.1, 0.15) is 6.42 Å². The lowest BCUT2D eigenvalue weighted by Crippen LogP contribution is -2.34. The maximum Gasteiger partial charge on any atom is 0.312 e. The molecule has 1 aliphatic rings. The minimum Gasteiger partial charge on any atom is -0.481 e. The van der Waals surface area contributed by atoms with E-state index >= 15 is 0 Å². The molecule has 14 heavy (non-hydrogen) atoms. The maximum absolute atomic E-state index is 11.1. The average Bonchev–Trinajstić information content (AvgIpc) is 2.50. The minimum absolute atomic E-state index is 0.0757. The van der Waals surface area contributed by atoms with Crippen molar-refractivity contribution in [1.82, 2.24) is 5.32 Å². The number of amides is 1. The summed E-state index contributed by atoms with van der Waals surface area (Å²) in [7, 11) is 1.64. The molecule has 0 radical (unpaired) electrons. The first-order chi connectivity index (χ1) is 6.61. The summed E-state index contributed by atoms with van der Waals surface area (Å²) in [5.41, 5.74) is 0. The van der Waals surface area contributed by atoms with Crippen LogP contribution in [0.1, 0.15) is 25.7 Å². The lowest BCUT2D eigenvalue weighted by molar-refractivity contribution is -0.140. The number of ether oxygens (including phenoxy) is 1. The molecular formula is C9H15NO4. The first kappa shape index (κ1) is 11.0. The largest absolute Gasteiger partial charge is 0.481 e. The number of carbonyl (C=O) groups excluding carboxylic acids is 1. The molecule has 1 rings (SSSR count). The van der Waals surface area contributed by atoms with Gasteiger partial charge in [0.25, 0.3) is 0 Å². The molecule has 2 unspecified atom stereocenters. The van der Waals surface area contributed by atoms with Gasteiger partial charge in [0, 0.05) is 13.2 Å². The van der Waals surface area contributed by atoms with E-state index in [1.165, 1.54) is 0 Å². The first-order valence-electron chi connectivity index (χ1n) is 4.65. The Kier molecular flexibility index (Phi) is 3.88. The van der Waals surface area contributed by atoms with Crippen LogP contribution in [0.3, 0.4) is 0 Å². The fraction of sp³-hybridized carbons (Fsp3) is 0.778. The van der Waals surface area contributed by atoms with Crippen LogP contribution in [0.4, 0.5) is 0 Å². The summed E-state index contributed by atoms with van der Waals surface area (Å²) >= 11 is 0. The lowest BCUT2D eigenvalue weighted by Gasteiger charge is -2.11. The highest BCUT2D eigenvalue weighted by molar-refractivity contribution is 5.93. The van der Waals surface area contributed by atoms with Crippen LogP contribution < -0.4 is 5.32 Å². The average molecular weight is 201 g/mol. The molecule has 80 valence electrons. The van der Waals surface area contributed by atoms with Gasteiger partial charge in [-0.3, -0.25) is 9.59 Å². The molecule has 0 aromatic heterocycles. The van der Waals surface area contributed by atoms with Crippen LogP contribution >= 0.6 is 0 Å². The van der Waals surface area contributed by atoms with Gasteiger partial charge in [-0.1, -0.05) is 0 Å². The van der Waals surface area contributed by atoms with Crippen LogP contribution in [-0.4, -0.2) is 36.2 Å². The minimum atomic E-state index is -1.09. The molecule has 0 aromatic carbocycles. The van der Waals surface area contributed by atoms with E-state index in [1.54, 1.807) is 7.11 Å². The van der Waals surface area contributed by atoms with Crippen LogP contribution in [0.5, 0.6) is 0 Å². The third-order valence-electron chi connectivity index (χ3n) is 2.39. The number of hydrogen-bond acceptors (Lipinski definition) is 3. The second kappa shape index (κ2) is 4.95. The molecule has 0 bridgehead atoms. The maximum atomic E-state index is 11.1. The Balaban J connectivity index is 2.25. The molecular weight excluding hydrogens is 186 g/mol. The Bertz CT molecular complexity index is 229. The van der Waals surface area contributed by atoms with Crippen LogP contribution in [-0.2, 0) is 14.3 Å². The molecule has 0 aliphatic heterocycles. The third kappa shape index (κ3) is 3.33. The van der Waals surface area contributed by atoms with Crippen molar-refractivity contribution in [1.29, 1.82) is 0 Å². The molecule has 0 saturated heterocycles. The van der Waals surface area contributed by atoms with Crippen molar-refractivity contribution in [2.45, 2.75) is 37.8 Å². The fourth-order valence-corrected chi connectivity index (χ4v) is 1.70. The highest BCUT2D eigenvalue weighted by Crippen LogP contribution is 2.21. The van der Waals surface area contributed by atoms with Gasteiger partial charge in [-0.15, -0.1) is 0 Å². The SMILES string of the molecule is COC1CCC(NC(=O)CC(=O)O)C1. The third-order valence-corrected chi connectivity index (χ3v) is 2.39. The van der Waals surface area contributed by atoms with E-state index in [0.717, 1.165) is 19.3 Å². The van der Waals surface area contributed by atoms with Crippen LogP contribution in [0, 0.1) is 0 Å². The van der Waals surface area contributed by atoms with Gasteiger partial charge < -0.3 is 15.2 Å². The molecule has 1 amide bonds. The van der Waals surface area contributed by atoms with Gasteiger partial charge >= 0.3 is 5.97 Å². The number of nitrogens with one attached hydrogen (secondary N) is 1. The van der Waals surface area contributed by atoms with Crippen molar-refractivity contribution in [2.24, 2.45) is 0 Å². The number of hydrogen-bond donors (Lipinski definition) is 2. The van der Waals surface area contributed by atoms with Gasteiger partial charge in [-0.2, -0.15) is 0 Å².